The Balaban J connectivity index is 2.84. The van der Waals surface area contributed by atoms with Crippen LogP contribution in [0.3, 0.4) is 0 Å². The van der Waals surface area contributed by atoms with E-state index in [9.17, 15) is 4.79 Å². The summed E-state index contributed by atoms with van der Waals surface area (Å²) >= 11 is 0. The van der Waals surface area contributed by atoms with Crippen LogP contribution < -0.4 is 10.9 Å². The molecule has 0 heterocycles. The van der Waals surface area contributed by atoms with Crippen molar-refractivity contribution in [1.29, 1.82) is 0 Å². The first-order valence-corrected chi connectivity index (χ1v) is 4.57. The minimum absolute atomic E-state index is 0.0165. The van der Waals surface area contributed by atoms with Crippen LogP contribution in [0.5, 0.6) is 0 Å². The Kier molecular flexibility index (Phi) is 3.88. The lowest BCUT2D eigenvalue weighted by atomic mass is 10.1. The number of hydrogen-bond acceptors (Lipinski definition) is 3. The zero-order valence-corrected chi connectivity index (χ0v) is 8.55. The summed E-state index contributed by atoms with van der Waals surface area (Å²) in [6.07, 6.45) is 3.38. The molecule has 0 aliphatic heterocycles. The van der Waals surface area contributed by atoms with E-state index in [0.717, 1.165) is 11.3 Å². The highest BCUT2D eigenvalue weighted by atomic mass is 16.4. The third-order valence-corrected chi connectivity index (χ3v) is 1.91. The van der Waals surface area contributed by atoms with Crippen LogP contribution in [-0.4, -0.2) is 18.1 Å². The monoisotopic (exact) mass is 206 g/mol. The number of benzene rings is 1. The molecule has 0 unspecified atom stereocenters. The van der Waals surface area contributed by atoms with Gasteiger partial charge in [0, 0.05) is 7.05 Å². The number of rotatable bonds is 4. The average Bonchev–Trinajstić information content (AvgIpc) is 2.17. The van der Waals surface area contributed by atoms with Gasteiger partial charge in [-0.25, -0.2) is 5.84 Å². The molecule has 0 radical (unpaired) electrons. The van der Waals surface area contributed by atoms with Crippen molar-refractivity contribution in [2.24, 2.45) is 5.84 Å². The lowest BCUT2D eigenvalue weighted by Gasteiger charge is -2.14. The van der Waals surface area contributed by atoms with Crippen molar-refractivity contribution in [1.82, 2.24) is 0 Å². The second-order valence-electron chi connectivity index (χ2n) is 3.17. The number of hydrogen-bond donors (Lipinski definition) is 2. The van der Waals surface area contributed by atoms with Gasteiger partial charge in [0.15, 0.2) is 0 Å². The largest absolute Gasteiger partial charge is 0.481 e. The zero-order valence-electron chi connectivity index (χ0n) is 8.55. The average molecular weight is 206 g/mol. The van der Waals surface area contributed by atoms with E-state index in [0.29, 0.717) is 0 Å². The lowest BCUT2D eigenvalue weighted by Crippen LogP contribution is -2.25. The van der Waals surface area contributed by atoms with Gasteiger partial charge < -0.3 is 10.1 Å². The van der Waals surface area contributed by atoms with Crippen molar-refractivity contribution in [2.45, 2.75) is 6.42 Å². The quantitative estimate of drug-likeness (QED) is 0.578. The molecule has 4 nitrogen and oxygen atoms in total. The smallest absolute Gasteiger partial charge is 0.307 e. The van der Waals surface area contributed by atoms with Gasteiger partial charge in [-0.1, -0.05) is 30.4 Å². The van der Waals surface area contributed by atoms with E-state index in [4.69, 9.17) is 10.9 Å². The summed E-state index contributed by atoms with van der Waals surface area (Å²) in [5, 5.41) is 9.98. The Hall–Kier alpha value is -1.81. The van der Waals surface area contributed by atoms with E-state index in [1.54, 1.807) is 19.2 Å². The standard InChI is InChI=1S/C11H14N2O2/c1-13(12)10-7-3-2-5-9(10)6-4-8-11(14)15/h2-7H,8,12H2,1H3,(H,14,15). The van der Waals surface area contributed by atoms with E-state index in [-0.39, 0.29) is 6.42 Å². The highest BCUT2D eigenvalue weighted by Crippen LogP contribution is 2.18. The Morgan fingerprint density at radius 1 is 1.53 bits per heavy atom. The fraction of sp³-hybridized carbons (Fsp3) is 0.182. The maximum absolute atomic E-state index is 10.3. The number of anilines is 1. The van der Waals surface area contributed by atoms with Crippen LogP contribution in [0.25, 0.3) is 6.08 Å². The van der Waals surface area contributed by atoms with Crippen molar-refractivity contribution in [3.8, 4) is 0 Å². The first kappa shape index (κ1) is 11.3. The summed E-state index contributed by atoms with van der Waals surface area (Å²) < 4.78 is 0. The van der Waals surface area contributed by atoms with Crippen molar-refractivity contribution in [3.63, 3.8) is 0 Å². The molecule has 15 heavy (non-hydrogen) atoms. The fourth-order valence-corrected chi connectivity index (χ4v) is 1.24. The normalized spacial score (nSPS) is 10.5. The van der Waals surface area contributed by atoms with Crippen molar-refractivity contribution >= 4 is 17.7 Å². The van der Waals surface area contributed by atoms with Crippen molar-refractivity contribution < 1.29 is 9.90 Å². The van der Waals surface area contributed by atoms with Crippen LogP contribution in [0, 0.1) is 0 Å². The molecule has 3 N–H and O–H groups in total. The maximum Gasteiger partial charge on any atom is 0.307 e. The van der Waals surface area contributed by atoms with E-state index in [2.05, 4.69) is 0 Å². The molecule has 0 fully saturated rings. The molecule has 1 aromatic carbocycles. The van der Waals surface area contributed by atoms with Crippen LogP contribution in [0.2, 0.25) is 0 Å². The highest BCUT2D eigenvalue weighted by Gasteiger charge is 2.00. The Bertz CT molecular complexity index is 373. The van der Waals surface area contributed by atoms with Crippen molar-refractivity contribution in [3.05, 3.63) is 35.9 Å². The number of carboxylic acids is 1. The van der Waals surface area contributed by atoms with Crippen LogP contribution >= 0.6 is 0 Å². The van der Waals surface area contributed by atoms with Crippen molar-refractivity contribution in [2.75, 3.05) is 12.1 Å². The third kappa shape index (κ3) is 3.44. The predicted octanol–water partition coefficient (Wildman–Crippen LogP) is 1.48. The molecule has 0 atom stereocenters. The Morgan fingerprint density at radius 2 is 2.20 bits per heavy atom. The molecule has 1 aromatic rings. The van der Waals surface area contributed by atoms with E-state index >= 15 is 0 Å². The molecule has 0 spiro atoms. The van der Waals surface area contributed by atoms with E-state index in [1.165, 1.54) is 5.01 Å². The summed E-state index contributed by atoms with van der Waals surface area (Å²) in [6, 6.07) is 7.53. The van der Waals surface area contributed by atoms with E-state index < -0.39 is 5.97 Å². The molecule has 0 saturated carbocycles. The minimum Gasteiger partial charge on any atom is -0.481 e. The van der Waals surface area contributed by atoms with Gasteiger partial charge in [-0.15, -0.1) is 0 Å². The number of aliphatic carboxylic acids is 1. The second kappa shape index (κ2) is 5.17. The number of nitrogens with two attached hydrogens (primary N) is 1. The number of hydrazine groups is 1. The highest BCUT2D eigenvalue weighted by molar-refractivity contribution is 5.72. The van der Waals surface area contributed by atoms with Gasteiger partial charge in [0.1, 0.15) is 0 Å². The molecule has 1 rings (SSSR count). The lowest BCUT2D eigenvalue weighted by molar-refractivity contribution is -0.135. The van der Waals surface area contributed by atoms with Crippen LogP contribution in [-0.2, 0) is 4.79 Å². The van der Waals surface area contributed by atoms with Gasteiger partial charge in [0.2, 0.25) is 0 Å². The van der Waals surface area contributed by atoms with Gasteiger partial charge in [0.25, 0.3) is 0 Å². The van der Waals surface area contributed by atoms with Crippen LogP contribution in [0.15, 0.2) is 30.3 Å². The van der Waals surface area contributed by atoms with Gasteiger partial charge in [0.05, 0.1) is 12.1 Å². The third-order valence-electron chi connectivity index (χ3n) is 1.91. The summed E-state index contributed by atoms with van der Waals surface area (Å²) in [6.45, 7) is 0. The van der Waals surface area contributed by atoms with Gasteiger partial charge in [-0.05, 0) is 11.6 Å². The first-order valence-electron chi connectivity index (χ1n) is 4.57. The number of carbonyl (C=O) groups is 1. The predicted molar refractivity (Wildman–Crippen MR) is 60.3 cm³/mol. The Morgan fingerprint density at radius 3 is 2.80 bits per heavy atom. The molecule has 0 aromatic heterocycles. The van der Waals surface area contributed by atoms with Gasteiger partial charge in [-0.2, -0.15) is 0 Å². The molecule has 80 valence electrons. The van der Waals surface area contributed by atoms with Crippen LogP contribution in [0.4, 0.5) is 5.69 Å². The maximum atomic E-state index is 10.3. The molecular weight excluding hydrogens is 192 g/mol. The summed E-state index contributed by atoms with van der Waals surface area (Å²) in [4.78, 5) is 10.3. The van der Waals surface area contributed by atoms with Crippen LogP contribution in [0.1, 0.15) is 12.0 Å². The second-order valence-corrected chi connectivity index (χ2v) is 3.17. The molecule has 0 saturated heterocycles. The molecule has 0 bridgehead atoms. The topological polar surface area (TPSA) is 66.6 Å². The molecule has 0 aliphatic rings. The summed E-state index contributed by atoms with van der Waals surface area (Å²) in [5.74, 6) is 4.79. The Labute approximate surface area is 88.6 Å². The van der Waals surface area contributed by atoms with E-state index in [1.807, 2.05) is 24.3 Å². The first-order chi connectivity index (χ1) is 7.11. The van der Waals surface area contributed by atoms with Gasteiger partial charge >= 0.3 is 5.97 Å². The molecule has 4 heteroatoms. The summed E-state index contributed by atoms with van der Waals surface area (Å²) in [5.41, 5.74) is 1.77. The fourth-order valence-electron chi connectivity index (χ4n) is 1.24. The SMILES string of the molecule is CN(N)c1ccccc1C=CCC(=O)O. The number of nitrogens with zero attached hydrogens (tertiary/aromatic N) is 1. The molecule has 0 aliphatic carbocycles. The number of carboxylic acid groups (broad SMARTS) is 1. The molecule has 0 amide bonds. The minimum atomic E-state index is -0.843. The number of para-hydroxylation sites is 1. The summed E-state index contributed by atoms with van der Waals surface area (Å²) in [7, 11) is 1.74. The molecular formula is C11H14N2O2. The zero-order chi connectivity index (χ0) is 11.3. The van der Waals surface area contributed by atoms with Gasteiger partial charge in [-0.3, -0.25) is 4.79 Å².